The maximum Gasteiger partial charge on any atom is 0.260 e. The first-order valence-electron chi connectivity index (χ1n) is 11.0. The summed E-state index contributed by atoms with van der Waals surface area (Å²) in [7, 11) is 0. The average Bonchev–Trinajstić information content (AvgIpc) is 3.52. The van der Waals surface area contributed by atoms with E-state index < -0.39 is 0 Å². The highest BCUT2D eigenvalue weighted by Crippen LogP contribution is 2.35. The number of carbonyl (C=O) groups is 1. The van der Waals surface area contributed by atoms with Crippen LogP contribution in [-0.4, -0.2) is 10.9 Å². The Labute approximate surface area is 197 Å². The van der Waals surface area contributed by atoms with E-state index in [0.717, 1.165) is 21.3 Å². The zero-order valence-corrected chi connectivity index (χ0v) is 19.4. The maximum absolute atomic E-state index is 13.7. The van der Waals surface area contributed by atoms with E-state index in [1.54, 1.807) is 11.2 Å². The van der Waals surface area contributed by atoms with Crippen molar-refractivity contribution in [1.82, 2.24) is 4.98 Å². The van der Waals surface area contributed by atoms with Crippen molar-refractivity contribution in [2.75, 3.05) is 4.90 Å². The molecule has 2 heterocycles. The summed E-state index contributed by atoms with van der Waals surface area (Å²) in [6, 6.07) is 27.8. The number of aromatic nitrogens is 1. The minimum absolute atomic E-state index is 0.101. The number of benzene rings is 3. The fraction of sp³-hybridized carbons (Fsp3) is 0.143. The predicted molar refractivity (Wildman–Crippen MR) is 135 cm³/mol. The number of hydrogen-bond acceptors (Lipinski definition) is 4. The van der Waals surface area contributed by atoms with Crippen molar-refractivity contribution in [3.63, 3.8) is 0 Å². The molecule has 1 amide bonds. The fourth-order valence-electron chi connectivity index (χ4n) is 3.92. The molecule has 0 atom stereocenters. The molecule has 3 aromatic carbocycles. The van der Waals surface area contributed by atoms with Gasteiger partial charge in [-0.1, -0.05) is 79.8 Å². The van der Waals surface area contributed by atoms with Gasteiger partial charge in [0.1, 0.15) is 5.76 Å². The highest BCUT2D eigenvalue weighted by molar-refractivity contribution is 7.22. The average molecular weight is 453 g/mol. The number of rotatable bonds is 6. The van der Waals surface area contributed by atoms with Crippen LogP contribution in [0.3, 0.4) is 0 Å². The van der Waals surface area contributed by atoms with Crippen molar-refractivity contribution in [2.45, 2.75) is 26.3 Å². The zero-order chi connectivity index (χ0) is 22.8. The molecule has 0 N–H and O–H groups in total. The van der Waals surface area contributed by atoms with Gasteiger partial charge >= 0.3 is 0 Å². The Morgan fingerprint density at radius 2 is 1.67 bits per heavy atom. The third-order valence-electron chi connectivity index (χ3n) is 5.67. The van der Waals surface area contributed by atoms with Gasteiger partial charge in [-0.25, -0.2) is 4.98 Å². The Morgan fingerprint density at radius 1 is 0.909 bits per heavy atom. The number of thiazole rings is 1. The van der Waals surface area contributed by atoms with E-state index in [4.69, 9.17) is 9.40 Å². The van der Waals surface area contributed by atoms with Gasteiger partial charge in [0.15, 0.2) is 5.13 Å². The van der Waals surface area contributed by atoms with Gasteiger partial charge in [-0.3, -0.25) is 9.69 Å². The number of carbonyl (C=O) groups excluding carboxylic acids is 1. The van der Waals surface area contributed by atoms with Crippen molar-refractivity contribution in [1.29, 1.82) is 0 Å². The van der Waals surface area contributed by atoms with Crippen LogP contribution in [0.5, 0.6) is 0 Å². The van der Waals surface area contributed by atoms with Gasteiger partial charge in [-0.15, -0.1) is 0 Å². The number of amides is 1. The first kappa shape index (κ1) is 21.2. The monoisotopic (exact) mass is 452 g/mol. The summed E-state index contributed by atoms with van der Waals surface area (Å²) in [6.07, 6.45) is 1.63. The molecule has 0 aliphatic rings. The van der Waals surface area contributed by atoms with E-state index >= 15 is 0 Å². The smallest absolute Gasteiger partial charge is 0.260 e. The number of anilines is 1. The van der Waals surface area contributed by atoms with Gasteiger partial charge in [0.25, 0.3) is 5.91 Å². The van der Waals surface area contributed by atoms with E-state index in [2.05, 4.69) is 44.2 Å². The van der Waals surface area contributed by atoms with E-state index in [-0.39, 0.29) is 5.91 Å². The van der Waals surface area contributed by atoms with Crippen molar-refractivity contribution >= 4 is 32.6 Å². The van der Waals surface area contributed by atoms with Crippen molar-refractivity contribution in [3.8, 4) is 11.1 Å². The first-order chi connectivity index (χ1) is 16.1. The molecule has 0 saturated heterocycles. The lowest BCUT2D eigenvalue weighted by Crippen LogP contribution is -2.30. The zero-order valence-electron chi connectivity index (χ0n) is 18.6. The van der Waals surface area contributed by atoms with Crippen molar-refractivity contribution in [3.05, 3.63) is 108 Å². The molecule has 0 spiro atoms. The van der Waals surface area contributed by atoms with Gasteiger partial charge in [0.2, 0.25) is 0 Å². The van der Waals surface area contributed by atoms with Crippen LogP contribution in [0.25, 0.3) is 21.3 Å². The summed E-state index contributed by atoms with van der Waals surface area (Å²) < 4.78 is 6.64. The van der Waals surface area contributed by atoms with E-state index in [0.29, 0.717) is 28.9 Å². The highest BCUT2D eigenvalue weighted by atomic mass is 32.1. The highest BCUT2D eigenvalue weighted by Gasteiger charge is 2.23. The third kappa shape index (κ3) is 4.32. The lowest BCUT2D eigenvalue weighted by molar-refractivity contribution is 0.0983. The normalized spacial score (nSPS) is 11.2. The summed E-state index contributed by atoms with van der Waals surface area (Å²) in [5.74, 6) is 0.965. The van der Waals surface area contributed by atoms with Crippen molar-refractivity contribution < 1.29 is 9.21 Å². The lowest BCUT2D eigenvalue weighted by Gasteiger charge is -2.19. The minimum atomic E-state index is -0.101. The Morgan fingerprint density at radius 3 is 2.36 bits per heavy atom. The van der Waals surface area contributed by atoms with E-state index in [9.17, 15) is 4.79 Å². The molecule has 5 heteroatoms. The number of para-hydroxylation sites is 1. The summed E-state index contributed by atoms with van der Waals surface area (Å²) >= 11 is 1.53. The molecule has 0 unspecified atom stereocenters. The van der Waals surface area contributed by atoms with Crippen LogP contribution < -0.4 is 4.90 Å². The molecule has 5 rings (SSSR count). The van der Waals surface area contributed by atoms with E-state index in [1.807, 2.05) is 54.6 Å². The third-order valence-corrected chi connectivity index (χ3v) is 6.71. The molecule has 33 heavy (non-hydrogen) atoms. The summed E-state index contributed by atoms with van der Waals surface area (Å²) in [4.78, 5) is 20.3. The Hall–Kier alpha value is -3.70. The number of hydrogen-bond donors (Lipinski definition) is 0. The van der Waals surface area contributed by atoms with Gasteiger partial charge in [0.05, 0.1) is 23.0 Å². The second-order valence-corrected chi connectivity index (χ2v) is 9.27. The molecule has 4 nitrogen and oxygen atoms in total. The quantitative estimate of drug-likeness (QED) is 0.267. The first-order valence-corrected chi connectivity index (χ1v) is 11.8. The molecular formula is C28H24N2O2S. The Bertz CT molecular complexity index is 1370. The number of nitrogens with zero attached hydrogens (tertiary/aromatic N) is 2. The van der Waals surface area contributed by atoms with Crippen LogP contribution in [0.15, 0.2) is 95.6 Å². The lowest BCUT2D eigenvalue weighted by atomic mass is 10.0. The summed E-state index contributed by atoms with van der Waals surface area (Å²) in [5, 5.41) is 0.673. The number of fused-ring (bicyclic) bond motifs is 1. The molecule has 2 aromatic heterocycles. The Balaban J connectivity index is 1.52. The molecule has 0 radical (unpaired) electrons. The van der Waals surface area contributed by atoms with Crippen LogP contribution in [0.1, 0.15) is 41.4 Å². The molecule has 164 valence electrons. The molecule has 0 bridgehead atoms. The van der Waals surface area contributed by atoms with Crippen LogP contribution in [-0.2, 0) is 6.54 Å². The second kappa shape index (κ2) is 9.04. The summed E-state index contributed by atoms with van der Waals surface area (Å²) in [5.41, 5.74) is 4.96. The summed E-state index contributed by atoms with van der Waals surface area (Å²) in [6.45, 7) is 4.64. The second-order valence-electron chi connectivity index (χ2n) is 8.26. The van der Waals surface area contributed by atoms with Gasteiger partial charge in [-0.2, -0.15) is 0 Å². The molecule has 0 aliphatic carbocycles. The number of furan rings is 1. The van der Waals surface area contributed by atoms with Crippen molar-refractivity contribution in [2.24, 2.45) is 0 Å². The molecule has 0 aliphatic heterocycles. The maximum atomic E-state index is 13.7. The predicted octanol–water partition coefficient (Wildman–Crippen LogP) is 7.53. The standard InChI is InChI=1S/C28H24N2O2S/c1-19(2)24-11-6-12-25-26(24)29-28(33-25)30(18-23-10-7-17-32-23)27(31)22-15-13-21(14-16-22)20-8-4-3-5-9-20/h3-17,19H,18H2,1-2H3. The van der Waals surface area contributed by atoms with Crippen LogP contribution >= 0.6 is 11.3 Å². The fourth-order valence-corrected chi connectivity index (χ4v) is 4.91. The molecule has 0 saturated carbocycles. The van der Waals surface area contributed by atoms with Crippen LogP contribution in [0, 0.1) is 0 Å². The van der Waals surface area contributed by atoms with Gasteiger partial charge in [-0.05, 0) is 52.9 Å². The minimum Gasteiger partial charge on any atom is -0.467 e. The largest absolute Gasteiger partial charge is 0.467 e. The molecule has 5 aromatic rings. The topological polar surface area (TPSA) is 46.3 Å². The van der Waals surface area contributed by atoms with Gasteiger partial charge < -0.3 is 4.42 Å². The van der Waals surface area contributed by atoms with Crippen LogP contribution in [0.4, 0.5) is 5.13 Å². The van der Waals surface area contributed by atoms with Crippen LogP contribution in [0.2, 0.25) is 0 Å². The molecular weight excluding hydrogens is 428 g/mol. The van der Waals surface area contributed by atoms with Gasteiger partial charge in [0, 0.05) is 5.56 Å². The SMILES string of the molecule is CC(C)c1cccc2sc(N(Cc3ccco3)C(=O)c3ccc(-c4ccccc4)cc3)nc12. The Kier molecular flexibility index (Phi) is 5.80. The molecule has 0 fully saturated rings. The van der Waals surface area contributed by atoms with E-state index in [1.165, 1.54) is 16.9 Å².